The lowest BCUT2D eigenvalue weighted by Crippen LogP contribution is -2.25. The zero-order valence-corrected chi connectivity index (χ0v) is 11.3. The van der Waals surface area contributed by atoms with Crippen molar-refractivity contribution < 1.29 is 8.42 Å². The number of para-hydroxylation sites is 1. The molecule has 5 nitrogen and oxygen atoms in total. The van der Waals surface area contributed by atoms with Crippen LogP contribution in [0.4, 0.5) is 5.69 Å². The second-order valence-corrected chi connectivity index (χ2v) is 5.86. The Morgan fingerprint density at radius 1 is 1.21 bits per heavy atom. The number of nitrogen functional groups attached to an aromatic ring is 1. The summed E-state index contributed by atoms with van der Waals surface area (Å²) in [4.78, 5) is 4.23. The van der Waals surface area contributed by atoms with Crippen LogP contribution in [0.5, 0.6) is 0 Å². The highest BCUT2D eigenvalue weighted by molar-refractivity contribution is 7.89. The van der Waals surface area contributed by atoms with Gasteiger partial charge in [0.05, 0.1) is 17.9 Å². The van der Waals surface area contributed by atoms with Crippen molar-refractivity contribution in [2.45, 2.75) is 18.4 Å². The molecule has 1 heterocycles. The van der Waals surface area contributed by atoms with E-state index in [1.165, 1.54) is 6.07 Å². The van der Waals surface area contributed by atoms with Gasteiger partial charge in [-0.3, -0.25) is 4.98 Å². The van der Waals surface area contributed by atoms with Crippen LogP contribution < -0.4 is 10.5 Å². The number of aromatic nitrogens is 1. The van der Waals surface area contributed by atoms with E-state index in [2.05, 4.69) is 9.71 Å². The van der Waals surface area contributed by atoms with Gasteiger partial charge >= 0.3 is 0 Å². The fraction of sp³-hybridized carbons (Fsp3) is 0.154. The van der Waals surface area contributed by atoms with E-state index < -0.39 is 10.0 Å². The van der Waals surface area contributed by atoms with Crippen molar-refractivity contribution in [1.82, 2.24) is 9.71 Å². The van der Waals surface area contributed by atoms with E-state index in [9.17, 15) is 8.42 Å². The van der Waals surface area contributed by atoms with Crippen LogP contribution >= 0.6 is 0 Å². The van der Waals surface area contributed by atoms with E-state index in [-0.39, 0.29) is 17.1 Å². The largest absolute Gasteiger partial charge is 0.398 e. The molecule has 0 saturated heterocycles. The molecule has 0 aliphatic carbocycles. The molecule has 6 heteroatoms. The quantitative estimate of drug-likeness (QED) is 0.828. The summed E-state index contributed by atoms with van der Waals surface area (Å²) in [7, 11) is -3.62. The molecule has 0 atom stereocenters. The first-order chi connectivity index (χ1) is 9.00. The number of hydrogen-bond donors (Lipinski definition) is 2. The maximum atomic E-state index is 12.1. The molecule has 1 aromatic heterocycles. The molecule has 0 amide bonds. The average Bonchev–Trinajstić information content (AvgIpc) is 2.38. The van der Waals surface area contributed by atoms with Crippen molar-refractivity contribution in [1.29, 1.82) is 0 Å². The van der Waals surface area contributed by atoms with Gasteiger partial charge < -0.3 is 5.73 Å². The molecular weight excluding hydrogens is 262 g/mol. The molecule has 3 N–H and O–H groups in total. The fourth-order valence-corrected chi connectivity index (χ4v) is 2.79. The molecule has 2 aromatic rings. The van der Waals surface area contributed by atoms with E-state index >= 15 is 0 Å². The van der Waals surface area contributed by atoms with Crippen LogP contribution in [0.15, 0.2) is 47.5 Å². The summed E-state index contributed by atoms with van der Waals surface area (Å²) in [5, 5.41) is 0. The molecule has 0 unspecified atom stereocenters. The Morgan fingerprint density at radius 2 is 1.95 bits per heavy atom. The predicted octanol–water partition coefficient (Wildman–Crippen LogP) is 1.45. The molecular formula is C13H15N3O2S. The third-order valence-electron chi connectivity index (χ3n) is 2.76. The van der Waals surface area contributed by atoms with Gasteiger partial charge in [0.25, 0.3) is 0 Å². The Morgan fingerprint density at radius 3 is 2.63 bits per heavy atom. The van der Waals surface area contributed by atoms with Crippen LogP contribution in [0.3, 0.4) is 0 Å². The maximum Gasteiger partial charge on any atom is 0.242 e. The molecule has 0 aliphatic heterocycles. The minimum atomic E-state index is -3.62. The standard InChI is InChI=1S/C13H15N3O2S/c1-10-5-4-8-15-12(10)9-16-19(17,18)13-7-3-2-6-11(13)14/h2-8,16H,9,14H2,1H3. The lowest BCUT2D eigenvalue weighted by molar-refractivity contribution is 0.580. The normalized spacial score (nSPS) is 11.4. The van der Waals surface area contributed by atoms with Gasteiger partial charge in [-0.25, -0.2) is 13.1 Å². The highest BCUT2D eigenvalue weighted by Gasteiger charge is 2.16. The minimum absolute atomic E-state index is 0.0867. The van der Waals surface area contributed by atoms with Crippen LogP contribution in [0, 0.1) is 6.92 Å². The minimum Gasteiger partial charge on any atom is -0.398 e. The molecule has 0 fully saturated rings. The van der Waals surface area contributed by atoms with Crippen LogP contribution in [-0.2, 0) is 16.6 Å². The van der Waals surface area contributed by atoms with Crippen LogP contribution in [0.25, 0.3) is 0 Å². The number of nitrogens with two attached hydrogens (primary N) is 1. The van der Waals surface area contributed by atoms with Crippen molar-refractivity contribution in [3.8, 4) is 0 Å². The first kappa shape index (κ1) is 13.5. The number of pyridine rings is 1. The van der Waals surface area contributed by atoms with E-state index in [1.54, 1.807) is 24.4 Å². The first-order valence-corrected chi connectivity index (χ1v) is 7.24. The summed E-state index contributed by atoms with van der Waals surface area (Å²) in [5.41, 5.74) is 7.53. The Bertz CT molecular complexity index is 684. The number of hydrogen-bond acceptors (Lipinski definition) is 4. The molecule has 19 heavy (non-hydrogen) atoms. The average molecular weight is 277 g/mol. The van der Waals surface area contributed by atoms with Crippen molar-refractivity contribution in [2.75, 3.05) is 5.73 Å². The Balaban J connectivity index is 2.20. The molecule has 1 aromatic carbocycles. The SMILES string of the molecule is Cc1cccnc1CNS(=O)(=O)c1ccccc1N. The zero-order valence-electron chi connectivity index (χ0n) is 10.5. The third-order valence-corrected chi connectivity index (χ3v) is 4.23. The van der Waals surface area contributed by atoms with E-state index in [4.69, 9.17) is 5.73 Å². The summed E-state index contributed by atoms with van der Waals surface area (Å²) < 4.78 is 26.7. The van der Waals surface area contributed by atoms with Gasteiger partial charge in [-0.15, -0.1) is 0 Å². The van der Waals surface area contributed by atoms with Gasteiger partial charge in [-0.2, -0.15) is 0 Å². The van der Waals surface area contributed by atoms with Crippen LogP contribution in [0.1, 0.15) is 11.3 Å². The van der Waals surface area contributed by atoms with E-state index in [0.29, 0.717) is 5.69 Å². The summed E-state index contributed by atoms with van der Waals surface area (Å²) in [6.07, 6.45) is 1.63. The zero-order chi connectivity index (χ0) is 13.9. The molecule has 2 rings (SSSR count). The molecule has 100 valence electrons. The summed E-state index contributed by atoms with van der Waals surface area (Å²) in [5.74, 6) is 0. The molecule has 0 spiro atoms. The maximum absolute atomic E-state index is 12.1. The fourth-order valence-electron chi connectivity index (χ4n) is 1.67. The second kappa shape index (κ2) is 5.38. The number of nitrogens with zero attached hydrogens (tertiary/aromatic N) is 1. The van der Waals surface area contributed by atoms with Gasteiger partial charge in [0, 0.05) is 6.20 Å². The molecule has 0 aliphatic rings. The highest BCUT2D eigenvalue weighted by atomic mass is 32.2. The summed E-state index contributed by atoms with van der Waals surface area (Å²) in [6, 6.07) is 10.0. The van der Waals surface area contributed by atoms with E-state index in [0.717, 1.165) is 5.56 Å². The lowest BCUT2D eigenvalue weighted by Gasteiger charge is -2.09. The van der Waals surface area contributed by atoms with Crippen molar-refractivity contribution >= 4 is 15.7 Å². The van der Waals surface area contributed by atoms with Crippen molar-refractivity contribution in [3.05, 3.63) is 53.9 Å². The predicted molar refractivity (Wildman–Crippen MR) is 73.9 cm³/mol. The number of aryl methyl sites for hydroxylation is 1. The molecule has 0 saturated carbocycles. The number of anilines is 1. The van der Waals surface area contributed by atoms with Crippen molar-refractivity contribution in [2.24, 2.45) is 0 Å². The highest BCUT2D eigenvalue weighted by Crippen LogP contribution is 2.17. The monoisotopic (exact) mass is 277 g/mol. The van der Waals surface area contributed by atoms with Gasteiger partial charge in [0.2, 0.25) is 10.0 Å². The van der Waals surface area contributed by atoms with Gasteiger partial charge in [-0.05, 0) is 30.7 Å². The Kier molecular flexibility index (Phi) is 3.82. The molecule has 0 radical (unpaired) electrons. The van der Waals surface area contributed by atoms with Gasteiger partial charge in [-0.1, -0.05) is 18.2 Å². The Hall–Kier alpha value is -1.92. The van der Waals surface area contributed by atoms with Crippen molar-refractivity contribution in [3.63, 3.8) is 0 Å². The summed E-state index contributed by atoms with van der Waals surface area (Å²) >= 11 is 0. The van der Waals surface area contributed by atoms with Gasteiger partial charge in [0.15, 0.2) is 0 Å². The second-order valence-electron chi connectivity index (χ2n) is 4.13. The van der Waals surface area contributed by atoms with Crippen LogP contribution in [0.2, 0.25) is 0 Å². The number of sulfonamides is 1. The first-order valence-electron chi connectivity index (χ1n) is 5.75. The summed E-state index contributed by atoms with van der Waals surface area (Å²) in [6.45, 7) is 2.02. The topological polar surface area (TPSA) is 85.1 Å². The van der Waals surface area contributed by atoms with Crippen LogP contribution in [-0.4, -0.2) is 13.4 Å². The Labute approximate surface area is 112 Å². The lowest BCUT2D eigenvalue weighted by atomic mass is 10.2. The number of rotatable bonds is 4. The van der Waals surface area contributed by atoms with Gasteiger partial charge in [0.1, 0.15) is 4.90 Å². The third kappa shape index (κ3) is 3.10. The number of nitrogens with one attached hydrogen (secondary N) is 1. The van der Waals surface area contributed by atoms with E-state index in [1.807, 2.05) is 19.1 Å². The molecule has 0 bridgehead atoms. The smallest absolute Gasteiger partial charge is 0.242 e. The number of benzene rings is 1.